The van der Waals surface area contributed by atoms with Crippen molar-refractivity contribution in [3.63, 3.8) is 0 Å². The van der Waals surface area contributed by atoms with Crippen LogP contribution in [0.4, 0.5) is 0 Å². The lowest BCUT2D eigenvalue weighted by molar-refractivity contribution is -0.216. The maximum Gasteiger partial charge on any atom is 0.190 e. The molecule has 6 rings (SSSR count). The number of aliphatic hydroxyl groups is 1. The molecule has 1 N–H and O–H groups in total. The summed E-state index contributed by atoms with van der Waals surface area (Å²) in [6.45, 7) is 6.00. The molecule has 8 heteroatoms. The maximum atomic E-state index is 10.8. The van der Waals surface area contributed by atoms with Crippen LogP contribution in [-0.2, 0) is 20.8 Å². The Bertz CT molecular complexity index is 1320. The smallest absolute Gasteiger partial charge is 0.190 e. The maximum absolute atomic E-state index is 10.8. The Kier molecular flexibility index (Phi) is 4.35. The number of ether oxygens (including phenoxy) is 3. The average Bonchev–Trinajstić information content (AvgIpc) is 3.41. The van der Waals surface area contributed by atoms with E-state index >= 15 is 0 Å². The summed E-state index contributed by atoms with van der Waals surface area (Å²) in [7, 11) is 0. The van der Waals surface area contributed by atoms with Crippen molar-refractivity contribution in [2.45, 2.75) is 57.7 Å². The Balaban J connectivity index is 1.43. The predicted molar refractivity (Wildman–Crippen MR) is 118 cm³/mol. The summed E-state index contributed by atoms with van der Waals surface area (Å²) in [5.74, 6) is -0.772. The van der Waals surface area contributed by atoms with Gasteiger partial charge in [-0.2, -0.15) is 0 Å². The van der Waals surface area contributed by atoms with Gasteiger partial charge in [-0.15, -0.1) is 5.10 Å². The average molecular weight is 432 g/mol. The largest absolute Gasteiger partial charge is 0.387 e. The zero-order chi connectivity index (χ0) is 22.0. The predicted octanol–water partition coefficient (Wildman–Crippen LogP) is 3.19. The Morgan fingerprint density at radius 3 is 2.62 bits per heavy atom. The normalized spacial score (nSPS) is 26.8. The van der Waals surface area contributed by atoms with Gasteiger partial charge in [-0.05, 0) is 26.8 Å². The number of fused-ring (bicyclic) bond motifs is 4. The fourth-order valence-corrected chi connectivity index (χ4v) is 4.60. The van der Waals surface area contributed by atoms with E-state index in [9.17, 15) is 5.11 Å². The van der Waals surface area contributed by atoms with Gasteiger partial charge in [0.25, 0.3) is 0 Å². The third kappa shape index (κ3) is 3.10. The molecule has 2 aliphatic rings. The number of aryl methyl sites for hydroxylation is 1. The number of aromatic nitrogens is 4. The number of pyridine rings is 1. The van der Waals surface area contributed by atoms with E-state index in [2.05, 4.69) is 29.4 Å². The number of benzene rings is 2. The van der Waals surface area contributed by atoms with Crippen LogP contribution in [0, 0.1) is 6.92 Å². The molecule has 4 heterocycles. The molecular weight excluding hydrogens is 408 g/mol. The van der Waals surface area contributed by atoms with Gasteiger partial charge in [0.15, 0.2) is 12.1 Å². The van der Waals surface area contributed by atoms with Gasteiger partial charge < -0.3 is 19.3 Å². The lowest BCUT2D eigenvalue weighted by Gasteiger charge is -2.23. The first-order chi connectivity index (χ1) is 15.4. The fourth-order valence-electron chi connectivity index (χ4n) is 4.60. The molecule has 0 amide bonds. The molecule has 0 spiro atoms. The number of hydrogen-bond donors (Lipinski definition) is 1. The van der Waals surface area contributed by atoms with E-state index in [1.807, 2.05) is 50.2 Å². The molecule has 4 aromatic rings. The first kappa shape index (κ1) is 19.8. The van der Waals surface area contributed by atoms with Crippen LogP contribution < -0.4 is 0 Å². The Hall–Kier alpha value is -2.91. The van der Waals surface area contributed by atoms with Crippen molar-refractivity contribution < 1.29 is 19.3 Å². The molecule has 164 valence electrons. The number of nitrogens with zero attached hydrogens (tertiary/aromatic N) is 4. The Labute approximate surface area is 184 Å². The molecule has 0 aliphatic carbocycles. The minimum absolute atomic E-state index is 0.319. The number of aliphatic hydroxyl groups excluding tert-OH is 1. The van der Waals surface area contributed by atoms with Crippen LogP contribution in [0.25, 0.3) is 33.2 Å². The highest BCUT2D eigenvalue weighted by Gasteiger charge is 2.54. The first-order valence-electron chi connectivity index (χ1n) is 10.8. The third-order valence-corrected chi connectivity index (χ3v) is 6.14. The molecular formula is C24H24N4O4. The standard InChI is InChI=1S/C24H24N4O4/c1-13-8-10-14(11-9-13)18-19-20(15-6-4-5-7-16(15)25-18)28(27-26-19)12-17-21(29)22-23(30-17)32-24(2,3)31-22/h4-11,17,21-23,29H,12H2,1-3H3/t17-,21+,22-,23-/m1/s1. The van der Waals surface area contributed by atoms with Gasteiger partial charge in [0.05, 0.1) is 12.1 Å². The second kappa shape index (κ2) is 7.05. The van der Waals surface area contributed by atoms with E-state index in [1.165, 1.54) is 5.56 Å². The van der Waals surface area contributed by atoms with E-state index < -0.39 is 30.4 Å². The molecule has 0 radical (unpaired) electrons. The monoisotopic (exact) mass is 432 g/mol. The molecule has 2 saturated heterocycles. The molecule has 0 saturated carbocycles. The van der Waals surface area contributed by atoms with E-state index in [4.69, 9.17) is 19.2 Å². The zero-order valence-corrected chi connectivity index (χ0v) is 18.1. The first-order valence-corrected chi connectivity index (χ1v) is 10.8. The molecule has 2 fully saturated rings. The molecule has 8 nitrogen and oxygen atoms in total. The molecule has 32 heavy (non-hydrogen) atoms. The highest BCUT2D eigenvalue weighted by Crippen LogP contribution is 2.38. The van der Waals surface area contributed by atoms with Crippen molar-refractivity contribution in [2.24, 2.45) is 0 Å². The van der Waals surface area contributed by atoms with Crippen LogP contribution in [0.5, 0.6) is 0 Å². The van der Waals surface area contributed by atoms with Gasteiger partial charge in [-0.25, -0.2) is 9.67 Å². The van der Waals surface area contributed by atoms with E-state index in [1.54, 1.807) is 4.68 Å². The Morgan fingerprint density at radius 2 is 1.84 bits per heavy atom. The summed E-state index contributed by atoms with van der Waals surface area (Å²) < 4.78 is 19.4. The Morgan fingerprint density at radius 1 is 1.06 bits per heavy atom. The van der Waals surface area contributed by atoms with E-state index in [-0.39, 0.29) is 0 Å². The van der Waals surface area contributed by atoms with Crippen molar-refractivity contribution in [3.8, 4) is 11.3 Å². The summed E-state index contributed by atoms with van der Waals surface area (Å²) in [5, 5.41) is 20.7. The van der Waals surface area contributed by atoms with Crippen molar-refractivity contribution in [1.82, 2.24) is 20.0 Å². The van der Waals surface area contributed by atoms with E-state index in [0.29, 0.717) is 12.1 Å². The van der Waals surface area contributed by atoms with Crippen LogP contribution >= 0.6 is 0 Å². The zero-order valence-electron chi connectivity index (χ0n) is 18.1. The van der Waals surface area contributed by atoms with Crippen molar-refractivity contribution in [1.29, 1.82) is 0 Å². The van der Waals surface area contributed by atoms with E-state index in [0.717, 1.165) is 27.7 Å². The summed E-state index contributed by atoms with van der Waals surface area (Å²) in [6, 6.07) is 16.2. The van der Waals surface area contributed by atoms with Gasteiger partial charge in [0, 0.05) is 10.9 Å². The van der Waals surface area contributed by atoms with Crippen molar-refractivity contribution in [2.75, 3.05) is 0 Å². The molecule has 2 aromatic heterocycles. The second-order valence-electron chi connectivity index (χ2n) is 8.95. The van der Waals surface area contributed by atoms with Crippen molar-refractivity contribution >= 4 is 21.9 Å². The number of para-hydroxylation sites is 1. The fraction of sp³-hybridized carbons (Fsp3) is 0.375. The summed E-state index contributed by atoms with van der Waals surface area (Å²) >= 11 is 0. The van der Waals surface area contributed by atoms with Gasteiger partial charge >= 0.3 is 0 Å². The van der Waals surface area contributed by atoms with Crippen LogP contribution in [0.3, 0.4) is 0 Å². The lowest BCUT2D eigenvalue weighted by atomic mass is 10.1. The molecule has 0 bridgehead atoms. The molecule has 2 aliphatic heterocycles. The second-order valence-corrected chi connectivity index (χ2v) is 8.95. The van der Waals surface area contributed by atoms with Crippen molar-refractivity contribution in [3.05, 3.63) is 54.1 Å². The SMILES string of the molecule is Cc1ccc(-c2nc3ccccc3c3c2nnn3C[C@H]2O[C@@H]3OC(C)(C)O[C@@H]3[C@H]2O)cc1. The van der Waals surface area contributed by atoms with Crippen LogP contribution in [0.15, 0.2) is 48.5 Å². The third-order valence-electron chi connectivity index (χ3n) is 6.14. The van der Waals surface area contributed by atoms with Crippen LogP contribution in [0.2, 0.25) is 0 Å². The van der Waals surface area contributed by atoms with Gasteiger partial charge in [-0.1, -0.05) is 53.2 Å². The quantitative estimate of drug-likeness (QED) is 0.532. The minimum atomic E-state index is -0.828. The molecule has 0 unspecified atom stereocenters. The summed E-state index contributed by atoms with van der Waals surface area (Å²) in [4.78, 5) is 4.89. The summed E-state index contributed by atoms with van der Waals surface area (Å²) in [6.07, 6.45) is -2.47. The highest BCUT2D eigenvalue weighted by atomic mass is 16.8. The molecule has 4 atom stereocenters. The summed E-state index contributed by atoms with van der Waals surface area (Å²) in [5.41, 5.74) is 5.38. The van der Waals surface area contributed by atoms with Gasteiger partial charge in [0.1, 0.15) is 35.0 Å². The van der Waals surface area contributed by atoms with Gasteiger partial charge in [0.2, 0.25) is 0 Å². The number of hydrogen-bond acceptors (Lipinski definition) is 7. The highest BCUT2D eigenvalue weighted by molar-refractivity contribution is 6.07. The van der Waals surface area contributed by atoms with Crippen LogP contribution in [-0.4, -0.2) is 55.5 Å². The van der Waals surface area contributed by atoms with Crippen LogP contribution in [0.1, 0.15) is 19.4 Å². The molecule has 2 aromatic carbocycles. The van der Waals surface area contributed by atoms with Gasteiger partial charge in [-0.3, -0.25) is 0 Å². The minimum Gasteiger partial charge on any atom is -0.387 e. The lowest BCUT2D eigenvalue weighted by Crippen LogP contribution is -2.36. The topological polar surface area (TPSA) is 91.5 Å². The number of rotatable bonds is 3.